The summed E-state index contributed by atoms with van der Waals surface area (Å²) in [5.74, 6) is -0.698. The van der Waals surface area contributed by atoms with Gasteiger partial charge in [0.25, 0.3) is 0 Å². The lowest BCUT2D eigenvalue weighted by Gasteiger charge is -2.17. The van der Waals surface area contributed by atoms with E-state index in [-0.39, 0.29) is 35.8 Å². The number of carbonyl (C=O) groups excluding carboxylic acids is 2. The van der Waals surface area contributed by atoms with Gasteiger partial charge in [-0.3, -0.25) is 9.59 Å². The number of nitrogens with one attached hydrogen (secondary N) is 1. The molecule has 26 heavy (non-hydrogen) atoms. The van der Waals surface area contributed by atoms with E-state index in [0.717, 1.165) is 11.1 Å². The fraction of sp³-hybridized carbons (Fsp3) is 0.300. The van der Waals surface area contributed by atoms with E-state index in [1.807, 2.05) is 0 Å². The molecule has 1 atom stereocenters. The van der Waals surface area contributed by atoms with Crippen molar-refractivity contribution < 1.29 is 18.4 Å². The highest BCUT2D eigenvalue weighted by Crippen LogP contribution is 2.20. The zero-order valence-electron chi connectivity index (χ0n) is 14.3. The molecule has 0 aromatic heterocycles. The lowest BCUT2D eigenvalue weighted by atomic mass is 10.1. The zero-order valence-corrected chi connectivity index (χ0v) is 14.3. The second-order valence-electron chi connectivity index (χ2n) is 6.58. The first-order valence-electron chi connectivity index (χ1n) is 8.53. The minimum absolute atomic E-state index is 0.0344. The molecule has 0 bridgehead atoms. The van der Waals surface area contributed by atoms with Gasteiger partial charge in [0, 0.05) is 32.0 Å². The minimum atomic E-state index is -0.333. The minimum Gasteiger partial charge on any atom is -0.355 e. The van der Waals surface area contributed by atoms with E-state index in [0.29, 0.717) is 26.1 Å². The fourth-order valence-corrected chi connectivity index (χ4v) is 3.06. The number of hydrogen-bond donors (Lipinski definition) is 1. The number of likely N-dealkylation sites (tertiary alicyclic amines) is 1. The van der Waals surface area contributed by atoms with Crippen molar-refractivity contribution in [3.63, 3.8) is 0 Å². The number of hydrogen-bond acceptors (Lipinski definition) is 2. The van der Waals surface area contributed by atoms with Crippen molar-refractivity contribution in [1.29, 1.82) is 0 Å². The molecule has 1 aliphatic rings. The third-order valence-electron chi connectivity index (χ3n) is 4.45. The Labute approximate surface area is 150 Å². The van der Waals surface area contributed by atoms with Crippen molar-refractivity contribution in [1.82, 2.24) is 10.2 Å². The molecule has 0 radical (unpaired) electrons. The Morgan fingerprint density at radius 1 is 1.00 bits per heavy atom. The van der Waals surface area contributed by atoms with E-state index in [4.69, 9.17) is 0 Å². The maximum Gasteiger partial charge on any atom is 0.224 e. The summed E-state index contributed by atoms with van der Waals surface area (Å²) in [5.41, 5.74) is 1.62. The SMILES string of the molecule is O=C(Cc1ccc(F)cc1)NCC1CC(=O)N(Cc2ccc(F)cc2)C1. The van der Waals surface area contributed by atoms with Crippen molar-refractivity contribution in [2.75, 3.05) is 13.1 Å². The number of nitrogens with zero attached hydrogens (tertiary/aromatic N) is 1. The Kier molecular flexibility index (Phi) is 5.61. The number of halogens is 2. The Morgan fingerprint density at radius 3 is 2.19 bits per heavy atom. The number of amides is 2. The van der Waals surface area contributed by atoms with Gasteiger partial charge in [0.1, 0.15) is 11.6 Å². The van der Waals surface area contributed by atoms with Crippen molar-refractivity contribution in [3.05, 3.63) is 71.3 Å². The van der Waals surface area contributed by atoms with Crippen molar-refractivity contribution in [2.24, 2.45) is 5.92 Å². The molecule has 136 valence electrons. The highest BCUT2D eigenvalue weighted by molar-refractivity contribution is 5.80. The van der Waals surface area contributed by atoms with E-state index in [9.17, 15) is 18.4 Å². The Hall–Kier alpha value is -2.76. The molecule has 1 fully saturated rings. The number of rotatable bonds is 6. The largest absolute Gasteiger partial charge is 0.355 e. The number of carbonyl (C=O) groups is 2. The maximum absolute atomic E-state index is 13.0. The van der Waals surface area contributed by atoms with Gasteiger partial charge in [0.15, 0.2) is 0 Å². The van der Waals surface area contributed by atoms with Gasteiger partial charge in [0.05, 0.1) is 6.42 Å². The van der Waals surface area contributed by atoms with E-state index in [1.54, 1.807) is 29.2 Å². The molecular weight excluding hydrogens is 338 g/mol. The van der Waals surface area contributed by atoms with Crippen LogP contribution in [0, 0.1) is 17.6 Å². The zero-order chi connectivity index (χ0) is 18.5. The third kappa shape index (κ3) is 4.88. The van der Waals surface area contributed by atoms with Crippen LogP contribution in [0.5, 0.6) is 0 Å². The molecule has 1 saturated heterocycles. The third-order valence-corrected chi connectivity index (χ3v) is 4.45. The highest BCUT2D eigenvalue weighted by atomic mass is 19.1. The van der Waals surface area contributed by atoms with Crippen molar-refractivity contribution >= 4 is 11.8 Å². The maximum atomic E-state index is 13.0. The molecule has 0 saturated carbocycles. The first-order valence-corrected chi connectivity index (χ1v) is 8.53. The van der Waals surface area contributed by atoms with Crippen LogP contribution in [-0.2, 0) is 22.6 Å². The van der Waals surface area contributed by atoms with Crippen LogP contribution in [0.25, 0.3) is 0 Å². The summed E-state index contributed by atoms with van der Waals surface area (Å²) in [6.07, 6.45) is 0.568. The molecule has 0 spiro atoms. The lowest BCUT2D eigenvalue weighted by Crippen LogP contribution is -2.32. The molecular formula is C20H20F2N2O2. The second kappa shape index (κ2) is 8.08. The predicted octanol–water partition coefficient (Wildman–Crippen LogP) is 2.67. The first kappa shape index (κ1) is 18.0. The molecule has 3 rings (SSSR count). The van der Waals surface area contributed by atoms with Crippen molar-refractivity contribution in [2.45, 2.75) is 19.4 Å². The molecule has 1 unspecified atom stereocenters. The molecule has 2 aromatic carbocycles. The number of benzene rings is 2. The van der Waals surface area contributed by atoms with Crippen LogP contribution in [0.3, 0.4) is 0 Å². The van der Waals surface area contributed by atoms with Gasteiger partial charge < -0.3 is 10.2 Å². The van der Waals surface area contributed by atoms with Crippen LogP contribution in [0.1, 0.15) is 17.5 Å². The van der Waals surface area contributed by atoms with E-state index < -0.39 is 0 Å². The Morgan fingerprint density at radius 2 is 1.58 bits per heavy atom. The predicted molar refractivity (Wildman–Crippen MR) is 93.0 cm³/mol. The molecule has 0 aliphatic carbocycles. The van der Waals surface area contributed by atoms with Gasteiger partial charge in [-0.2, -0.15) is 0 Å². The summed E-state index contributed by atoms with van der Waals surface area (Å²) in [7, 11) is 0. The Bertz CT molecular complexity index is 775. The van der Waals surface area contributed by atoms with Gasteiger partial charge in [-0.25, -0.2) is 8.78 Å². The standard InChI is InChI=1S/C20H20F2N2O2/c21-17-5-1-14(2-6-17)9-19(25)23-11-16-10-20(26)24(13-16)12-15-3-7-18(22)8-4-15/h1-8,16H,9-13H2,(H,23,25). The lowest BCUT2D eigenvalue weighted by molar-refractivity contribution is -0.128. The van der Waals surface area contributed by atoms with Gasteiger partial charge in [0.2, 0.25) is 11.8 Å². The molecule has 1 N–H and O–H groups in total. The fourth-order valence-electron chi connectivity index (χ4n) is 3.06. The van der Waals surface area contributed by atoms with E-state index >= 15 is 0 Å². The first-order chi connectivity index (χ1) is 12.5. The monoisotopic (exact) mass is 358 g/mol. The van der Waals surface area contributed by atoms with Crippen LogP contribution < -0.4 is 5.32 Å². The summed E-state index contributed by atoms with van der Waals surface area (Å²) in [6.45, 7) is 1.43. The van der Waals surface area contributed by atoms with Gasteiger partial charge in [-0.1, -0.05) is 24.3 Å². The Balaban J connectivity index is 1.45. The van der Waals surface area contributed by atoms with Crippen LogP contribution in [-0.4, -0.2) is 29.8 Å². The van der Waals surface area contributed by atoms with E-state index in [2.05, 4.69) is 5.32 Å². The van der Waals surface area contributed by atoms with Gasteiger partial charge in [-0.05, 0) is 35.4 Å². The molecule has 6 heteroatoms. The van der Waals surface area contributed by atoms with Gasteiger partial charge in [-0.15, -0.1) is 0 Å². The van der Waals surface area contributed by atoms with Crippen LogP contribution in [0.2, 0.25) is 0 Å². The smallest absolute Gasteiger partial charge is 0.224 e. The van der Waals surface area contributed by atoms with Gasteiger partial charge >= 0.3 is 0 Å². The average Bonchev–Trinajstić information content (AvgIpc) is 2.97. The summed E-state index contributed by atoms with van der Waals surface area (Å²) >= 11 is 0. The molecule has 4 nitrogen and oxygen atoms in total. The summed E-state index contributed by atoms with van der Waals surface area (Å²) in [4.78, 5) is 25.9. The topological polar surface area (TPSA) is 49.4 Å². The molecule has 1 heterocycles. The second-order valence-corrected chi connectivity index (χ2v) is 6.58. The van der Waals surface area contributed by atoms with E-state index in [1.165, 1.54) is 24.3 Å². The molecule has 2 amide bonds. The van der Waals surface area contributed by atoms with Crippen LogP contribution >= 0.6 is 0 Å². The average molecular weight is 358 g/mol. The highest BCUT2D eigenvalue weighted by Gasteiger charge is 2.29. The normalized spacial score (nSPS) is 16.8. The van der Waals surface area contributed by atoms with Crippen molar-refractivity contribution in [3.8, 4) is 0 Å². The van der Waals surface area contributed by atoms with Crippen LogP contribution in [0.15, 0.2) is 48.5 Å². The quantitative estimate of drug-likeness (QED) is 0.863. The summed E-state index contributed by atoms with van der Waals surface area (Å²) < 4.78 is 25.8. The summed E-state index contributed by atoms with van der Waals surface area (Å²) in [6, 6.07) is 11.9. The summed E-state index contributed by atoms with van der Waals surface area (Å²) in [5, 5.41) is 2.84. The van der Waals surface area contributed by atoms with Crippen LogP contribution in [0.4, 0.5) is 8.78 Å². The molecule has 1 aliphatic heterocycles. The molecule has 2 aromatic rings.